The standard InChI is InChI=1S/C15H9BrF2N2O2S/c1-7-13(8-2-3-9(17)10(18)6-8)19-15(23-7)20-14(21)11-4-5-12(16)22-11/h2-6H,1H3,(H,19,20,21). The first-order valence-corrected chi connectivity index (χ1v) is 8.04. The Morgan fingerprint density at radius 1 is 1.26 bits per heavy atom. The maximum atomic E-state index is 13.4. The molecule has 0 fully saturated rings. The number of aryl methyl sites for hydroxylation is 1. The van der Waals surface area contributed by atoms with Gasteiger partial charge in [0.25, 0.3) is 5.91 Å². The lowest BCUT2D eigenvalue weighted by atomic mass is 10.1. The maximum Gasteiger partial charge on any atom is 0.293 e. The van der Waals surface area contributed by atoms with Crippen LogP contribution in [0, 0.1) is 18.6 Å². The summed E-state index contributed by atoms with van der Waals surface area (Å²) in [6.07, 6.45) is 0. The zero-order chi connectivity index (χ0) is 16.6. The Hall–Kier alpha value is -2.06. The molecule has 0 aliphatic heterocycles. The second-order valence-electron chi connectivity index (χ2n) is 4.61. The van der Waals surface area contributed by atoms with E-state index >= 15 is 0 Å². The largest absolute Gasteiger partial charge is 0.444 e. The van der Waals surface area contributed by atoms with Gasteiger partial charge in [-0.1, -0.05) is 0 Å². The normalized spacial score (nSPS) is 10.8. The number of anilines is 1. The Morgan fingerprint density at radius 2 is 2.04 bits per heavy atom. The molecule has 0 aliphatic rings. The number of benzene rings is 1. The number of rotatable bonds is 3. The number of carbonyl (C=O) groups is 1. The molecule has 0 saturated heterocycles. The van der Waals surface area contributed by atoms with E-state index in [9.17, 15) is 13.6 Å². The summed E-state index contributed by atoms with van der Waals surface area (Å²) >= 11 is 4.36. The lowest BCUT2D eigenvalue weighted by Crippen LogP contribution is -2.10. The number of nitrogens with zero attached hydrogens (tertiary/aromatic N) is 1. The number of furan rings is 1. The summed E-state index contributed by atoms with van der Waals surface area (Å²) in [5.41, 5.74) is 0.934. The number of hydrogen-bond acceptors (Lipinski definition) is 4. The summed E-state index contributed by atoms with van der Waals surface area (Å²) in [6, 6.07) is 6.69. The van der Waals surface area contributed by atoms with Gasteiger partial charge in [-0.2, -0.15) is 0 Å². The number of amides is 1. The fraction of sp³-hybridized carbons (Fsp3) is 0.0667. The van der Waals surface area contributed by atoms with E-state index in [4.69, 9.17) is 4.42 Å². The van der Waals surface area contributed by atoms with E-state index in [1.165, 1.54) is 23.5 Å². The molecule has 0 bridgehead atoms. The van der Waals surface area contributed by atoms with Crippen LogP contribution in [0.4, 0.5) is 13.9 Å². The molecule has 118 valence electrons. The third-order valence-electron chi connectivity index (χ3n) is 3.01. The average molecular weight is 399 g/mol. The highest BCUT2D eigenvalue weighted by Crippen LogP contribution is 2.31. The number of thiazole rings is 1. The SMILES string of the molecule is Cc1sc(NC(=O)c2ccc(Br)o2)nc1-c1ccc(F)c(F)c1. The van der Waals surface area contributed by atoms with E-state index in [0.29, 0.717) is 21.1 Å². The molecule has 0 aliphatic carbocycles. The summed E-state index contributed by atoms with van der Waals surface area (Å²) in [5.74, 6) is -2.17. The summed E-state index contributed by atoms with van der Waals surface area (Å²) < 4.78 is 32.0. The Kier molecular flexibility index (Phi) is 4.27. The molecule has 0 unspecified atom stereocenters. The molecule has 1 aromatic carbocycles. The molecule has 0 atom stereocenters. The zero-order valence-corrected chi connectivity index (χ0v) is 14.1. The molecule has 3 aromatic rings. The van der Waals surface area contributed by atoms with Crippen molar-refractivity contribution in [1.29, 1.82) is 0 Å². The second-order valence-corrected chi connectivity index (χ2v) is 6.60. The molecule has 3 rings (SSSR count). The molecule has 0 radical (unpaired) electrons. The van der Waals surface area contributed by atoms with Crippen molar-refractivity contribution in [2.45, 2.75) is 6.92 Å². The van der Waals surface area contributed by atoms with Crippen molar-refractivity contribution in [3.63, 3.8) is 0 Å². The highest BCUT2D eigenvalue weighted by atomic mass is 79.9. The van der Waals surface area contributed by atoms with Crippen LogP contribution in [0.1, 0.15) is 15.4 Å². The van der Waals surface area contributed by atoms with Crippen LogP contribution in [-0.2, 0) is 0 Å². The minimum atomic E-state index is -0.944. The predicted octanol–water partition coefficient (Wildman–Crippen LogP) is 5.00. The van der Waals surface area contributed by atoms with Crippen molar-refractivity contribution in [3.05, 3.63) is 57.3 Å². The number of carbonyl (C=O) groups excluding carboxylic acids is 1. The van der Waals surface area contributed by atoms with E-state index in [1.54, 1.807) is 13.0 Å². The van der Waals surface area contributed by atoms with Gasteiger partial charge < -0.3 is 4.42 Å². The predicted molar refractivity (Wildman–Crippen MR) is 86.6 cm³/mol. The van der Waals surface area contributed by atoms with Crippen molar-refractivity contribution in [3.8, 4) is 11.3 Å². The van der Waals surface area contributed by atoms with Gasteiger partial charge in [0.15, 0.2) is 27.2 Å². The van der Waals surface area contributed by atoms with E-state index in [0.717, 1.165) is 17.0 Å². The minimum Gasteiger partial charge on any atom is -0.444 e. The third kappa shape index (κ3) is 3.32. The minimum absolute atomic E-state index is 0.138. The summed E-state index contributed by atoms with van der Waals surface area (Å²) in [5, 5.41) is 2.96. The Bertz CT molecular complexity index is 891. The van der Waals surface area contributed by atoms with Crippen molar-refractivity contribution in [1.82, 2.24) is 4.98 Å². The van der Waals surface area contributed by atoms with Gasteiger partial charge in [0, 0.05) is 10.4 Å². The smallest absolute Gasteiger partial charge is 0.293 e. The third-order valence-corrected chi connectivity index (χ3v) is 4.32. The first-order valence-electron chi connectivity index (χ1n) is 6.43. The van der Waals surface area contributed by atoms with E-state index in [1.807, 2.05) is 0 Å². The van der Waals surface area contributed by atoms with Crippen LogP contribution >= 0.6 is 27.3 Å². The van der Waals surface area contributed by atoms with Crippen molar-refractivity contribution in [2.24, 2.45) is 0 Å². The van der Waals surface area contributed by atoms with Crippen LogP contribution in [0.5, 0.6) is 0 Å². The lowest BCUT2D eigenvalue weighted by Gasteiger charge is -2.00. The van der Waals surface area contributed by atoms with Crippen LogP contribution in [-0.4, -0.2) is 10.9 Å². The highest BCUT2D eigenvalue weighted by Gasteiger charge is 2.16. The highest BCUT2D eigenvalue weighted by molar-refractivity contribution is 9.10. The molecule has 2 aromatic heterocycles. The van der Waals surface area contributed by atoms with Crippen LogP contribution in [0.2, 0.25) is 0 Å². The molecule has 8 heteroatoms. The second kappa shape index (κ2) is 6.21. The van der Waals surface area contributed by atoms with E-state index in [2.05, 4.69) is 26.2 Å². The van der Waals surface area contributed by atoms with Crippen LogP contribution in [0.25, 0.3) is 11.3 Å². The monoisotopic (exact) mass is 398 g/mol. The van der Waals surface area contributed by atoms with E-state index < -0.39 is 17.5 Å². The lowest BCUT2D eigenvalue weighted by molar-refractivity contribution is 0.0995. The van der Waals surface area contributed by atoms with Crippen molar-refractivity contribution in [2.75, 3.05) is 5.32 Å². The molecule has 0 spiro atoms. The van der Waals surface area contributed by atoms with Gasteiger partial charge in [0.2, 0.25) is 0 Å². The van der Waals surface area contributed by atoms with Gasteiger partial charge in [0.05, 0.1) is 5.69 Å². The van der Waals surface area contributed by atoms with Crippen molar-refractivity contribution >= 4 is 38.3 Å². The molecular weight excluding hydrogens is 390 g/mol. The molecule has 1 amide bonds. The van der Waals surface area contributed by atoms with Gasteiger partial charge >= 0.3 is 0 Å². The quantitative estimate of drug-likeness (QED) is 0.674. The molecule has 4 nitrogen and oxygen atoms in total. The van der Waals surface area contributed by atoms with Crippen LogP contribution in [0.15, 0.2) is 39.4 Å². The maximum absolute atomic E-state index is 13.4. The molecule has 1 N–H and O–H groups in total. The molecule has 23 heavy (non-hydrogen) atoms. The average Bonchev–Trinajstić information content (AvgIpc) is 3.08. The Balaban J connectivity index is 1.86. The fourth-order valence-corrected chi connectivity index (χ4v) is 3.09. The van der Waals surface area contributed by atoms with Crippen LogP contribution in [0.3, 0.4) is 0 Å². The number of halogens is 3. The fourth-order valence-electron chi connectivity index (χ4n) is 1.96. The number of aromatic nitrogens is 1. The van der Waals surface area contributed by atoms with Gasteiger partial charge in [-0.25, -0.2) is 13.8 Å². The first kappa shape index (κ1) is 15.8. The topological polar surface area (TPSA) is 55.1 Å². The van der Waals surface area contributed by atoms with Gasteiger partial charge in [-0.05, 0) is 53.2 Å². The Morgan fingerprint density at radius 3 is 2.70 bits per heavy atom. The molecule has 2 heterocycles. The van der Waals surface area contributed by atoms with Crippen LogP contribution < -0.4 is 5.32 Å². The summed E-state index contributed by atoms with van der Waals surface area (Å²) in [4.78, 5) is 17.1. The van der Waals surface area contributed by atoms with Gasteiger partial charge in [-0.3, -0.25) is 10.1 Å². The first-order chi connectivity index (χ1) is 10.9. The van der Waals surface area contributed by atoms with Crippen molar-refractivity contribution < 1.29 is 18.0 Å². The van der Waals surface area contributed by atoms with E-state index in [-0.39, 0.29) is 5.76 Å². The zero-order valence-electron chi connectivity index (χ0n) is 11.7. The summed E-state index contributed by atoms with van der Waals surface area (Å²) in [7, 11) is 0. The number of nitrogens with one attached hydrogen (secondary N) is 1. The molecule has 0 saturated carbocycles. The molecular formula is C15H9BrF2N2O2S. The van der Waals surface area contributed by atoms with Gasteiger partial charge in [-0.15, -0.1) is 11.3 Å². The Labute approximate surface area is 142 Å². The number of hydrogen-bond donors (Lipinski definition) is 1. The summed E-state index contributed by atoms with van der Waals surface area (Å²) in [6.45, 7) is 1.79. The van der Waals surface area contributed by atoms with Gasteiger partial charge in [0.1, 0.15) is 0 Å².